The summed E-state index contributed by atoms with van der Waals surface area (Å²) in [6.45, 7) is 0. The number of aromatic nitrogens is 2. The van der Waals surface area contributed by atoms with Gasteiger partial charge in [-0.3, -0.25) is 4.98 Å². The molecule has 0 N–H and O–H groups in total. The SMILES string of the molecule is O=C(OI)c1cnccn1. The molecule has 0 saturated heterocycles. The molecule has 52 valence electrons. The first-order valence-electron chi connectivity index (χ1n) is 2.43. The third-order valence-corrected chi connectivity index (χ3v) is 1.24. The summed E-state index contributed by atoms with van der Waals surface area (Å²) >= 11 is 1.50. The highest BCUT2D eigenvalue weighted by atomic mass is 127. The van der Waals surface area contributed by atoms with Gasteiger partial charge in [0.25, 0.3) is 0 Å². The molecule has 0 aliphatic heterocycles. The summed E-state index contributed by atoms with van der Waals surface area (Å²) in [5, 5.41) is 0. The van der Waals surface area contributed by atoms with E-state index in [1.165, 1.54) is 41.6 Å². The van der Waals surface area contributed by atoms with Crippen molar-refractivity contribution >= 4 is 29.0 Å². The van der Waals surface area contributed by atoms with Gasteiger partial charge < -0.3 is 3.07 Å². The van der Waals surface area contributed by atoms with Gasteiger partial charge in [-0.15, -0.1) is 0 Å². The first-order chi connectivity index (χ1) is 4.84. The van der Waals surface area contributed by atoms with Crippen molar-refractivity contribution in [3.05, 3.63) is 24.3 Å². The van der Waals surface area contributed by atoms with Crippen LogP contribution in [0.5, 0.6) is 0 Å². The van der Waals surface area contributed by atoms with E-state index in [9.17, 15) is 4.79 Å². The van der Waals surface area contributed by atoms with Crippen molar-refractivity contribution < 1.29 is 7.86 Å². The van der Waals surface area contributed by atoms with Gasteiger partial charge in [0.15, 0.2) is 28.7 Å². The summed E-state index contributed by atoms with van der Waals surface area (Å²) in [6, 6.07) is 0. The second kappa shape index (κ2) is 3.45. The van der Waals surface area contributed by atoms with Crippen molar-refractivity contribution in [3.63, 3.8) is 0 Å². The minimum atomic E-state index is -0.478. The average molecular weight is 250 g/mol. The van der Waals surface area contributed by atoms with Gasteiger partial charge in [0.1, 0.15) is 0 Å². The Hall–Kier alpha value is -0.720. The van der Waals surface area contributed by atoms with Gasteiger partial charge in [-0.2, -0.15) is 0 Å². The summed E-state index contributed by atoms with van der Waals surface area (Å²) in [5.74, 6) is -0.478. The minimum Gasteiger partial charge on any atom is -0.390 e. The lowest BCUT2D eigenvalue weighted by atomic mass is 10.5. The smallest absolute Gasteiger partial charge is 0.367 e. The average Bonchev–Trinajstić information content (AvgIpc) is 2.05. The summed E-state index contributed by atoms with van der Waals surface area (Å²) < 4.78 is 4.36. The van der Waals surface area contributed by atoms with E-state index in [0.717, 1.165) is 0 Å². The molecule has 0 radical (unpaired) electrons. The van der Waals surface area contributed by atoms with Gasteiger partial charge in [0.2, 0.25) is 0 Å². The molecule has 0 bridgehead atoms. The Bertz CT molecular complexity index is 226. The fourth-order valence-electron chi connectivity index (χ4n) is 0.444. The number of rotatable bonds is 1. The fourth-order valence-corrected chi connectivity index (χ4v) is 0.670. The van der Waals surface area contributed by atoms with Gasteiger partial charge >= 0.3 is 5.97 Å². The van der Waals surface area contributed by atoms with Crippen molar-refractivity contribution in [2.75, 3.05) is 0 Å². The number of nitrogens with zero attached hydrogens (tertiary/aromatic N) is 2. The largest absolute Gasteiger partial charge is 0.390 e. The van der Waals surface area contributed by atoms with Crippen LogP contribution >= 0.6 is 23.0 Å². The maximum atomic E-state index is 10.7. The molecular weight excluding hydrogens is 247 g/mol. The lowest BCUT2D eigenvalue weighted by molar-refractivity contribution is 0.0794. The summed E-state index contributed by atoms with van der Waals surface area (Å²) in [7, 11) is 0. The molecular formula is C5H3IN2O2. The Labute approximate surface area is 71.3 Å². The zero-order valence-electron chi connectivity index (χ0n) is 4.82. The summed E-state index contributed by atoms with van der Waals surface area (Å²) in [5.41, 5.74) is 0.219. The monoisotopic (exact) mass is 250 g/mol. The molecule has 5 heteroatoms. The molecule has 1 aromatic heterocycles. The highest BCUT2D eigenvalue weighted by Gasteiger charge is 2.05. The molecule has 4 nitrogen and oxygen atoms in total. The third-order valence-electron chi connectivity index (χ3n) is 0.842. The van der Waals surface area contributed by atoms with Crippen LogP contribution in [0, 0.1) is 0 Å². The quantitative estimate of drug-likeness (QED) is 0.697. The Kier molecular flexibility index (Phi) is 2.55. The molecule has 1 heterocycles. The van der Waals surface area contributed by atoms with Gasteiger partial charge in [0.05, 0.1) is 6.20 Å². The van der Waals surface area contributed by atoms with Crippen LogP contribution in [0.25, 0.3) is 0 Å². The molecule has 0 amide bonds. The van der Waals surface area contributed by atoms with Gasteiger partial charge in [-0.05, 0) is 0 Å². The molecule has 0 aromatic carbocycles. The maximum Gasteiger partial charge on any atom is 0.367 e. The molecule has 1 rings (SSSR count). The second-order valence-corrected chi connectivity index (χ2v) is 1.90. The number of carbonyl (C=O) groups is 1. The number of hydrogen-bond donors (Lipinski definition) is 0. The van der Waals surface area contributed by atoms with Crippen LogP contribution in [0.3, 0.4) is 0 Å². The predicted octanol–water partition coefficient (Wildman–Crippen LogP) is 0.983. The van der Waals surface area contributed by atoms with E-state index in [4.69, 9.17) is 0 Å². The number of hydrogen-bond acceptors (Lipinski definition) is 4. The van der Waals surface area contributed by atoms with Crippen LogP contribution < -0.4 is 0 Å². The van der Waals surface area contributed by atoms with Gasteiger partial charge in [-0.25, -0.2) is 9.78 Å². The van der Waals surface area contributed by atoms with E-state index in [-0.39, 0.29) is 5.69 Å². The van der Waals surface area contributed by atoms with E-state index in [0.29, 0.717) is 0 Å². The lowest BCUT2D eigenvalue weighted by Crippen LogP contribution is -2.00. The first kappa shape index (κ1) is 7.39. The van der Waals surface area contributed by atoms with Crippen molar-refractivity contribution in [2.45, 2.75) is 0 Å². The molecule has 0 saturated carbocycles. The van der Waals surface area contributed by atoms with Crippen LogP contribution in [-0.4, -0.2) is 15.9 Å². The molecule has 0 unspecified atom stereocenters. The molecule has 0 aliphatic carbocycles. The Morgan fingerprint density at radius 1 is 1.60 bits per heavy atom. The third kappa shape index (κ3) is 1.63. The van der Waals surface area contributed by atoms with E-state index in [2.05, 4.69) is 13.0 Å². The summed E-state index contributed by atoms with van der Waals surface area (Å²) in [6.07, 6.45) is 4.27. The predicted molar refractivity (Wildman–Crippen MR) is 41.5 cm³/mol. The van der Waals surface area contributed by atoms with Gasteiger partial charge in [-0.1, -0.05) is 0 Å². The maximum absolute atomic E-state index is 10.7. The molecule has 0 atom stereocenters. The zero-order chi connectivity index (χ0) is 7.40. The van der Waals surface area contributed by atoms with E-state index >= 15 is 0 Å². The highest BCUT2D eigenvalue weighted by molar-refractivity contribution is 14.1. The minimum absolute atomic E-state index is 0.219. The normalized spacial score (nSPS) is 8.90. The van der Waals surface area contributed by atoms with Crippen molar-refractivity contribution in [3.8, 4) is 0 Å². The van der Waals surface area contributed by atoms with E-state index in [1.807, 2.05) is 0 Å². The first-order valence-corrected chi connectivity index (χ1v) is 3.31. The topological polar surface area (TPSA) is 52.1 Å². The number of carbonyl (C=O) groups excluding carboxylic acids is 1. The Balaban J connectivity index is 2.85. The van der Waals surface area contributed by atoms with Crippen LogP contribution in [0.4, 0.5) is 0 Å². The molecule has 0 fully saturated rings. The van der Waals surface area contributed by atoms with Crippen molar-refractivity contribution in [2.24, 2.45) is 0 Å². The number of halogens is 1. The second-order valence-electron chi connectivity index (χ2n) is 1.46. The molecule has 1 aromatic rings. The lowest BCUT2D eigenvalue weighted by Gasteiger charge is -1.91. The standard InChI is InChI=1S/C5H3IN2O2/c6-10-5(9)4-3-7-1-2-8-4/h1-3H. The fraction of sp³-hybridized carbons (Fsp3) is 0. The van der Waals surface area contributed by atoms with Crippen molar-refractivity contribution in [1.82, 2.24) is 9.97 Å². The van der Waals surface area contributed by atoms with Crippen molar-refractivity contribution in [1.29, 1.82) is 0 Å². The molecule has 0 aliphatic rings. The Morgan fingerprint density at radius 2 is 2.40 bits per heavy atom. The highest BCUT2D eigenvalue weighted by Crippen LogP contribution is 1.97. The van der Waals surface area contributed by atoms with E-state index < -0.39 is 5.97 Å². The molecule has 0 spiro atoms. The Morgan fingerprint density at radius 3 is 2.90 bits per heavy atom. The van der Waals surface area contributed by atoms with Crippen LogP contribution in [0.1, 0.15) is 10.5 Å². The zero-order valence-corrected chi connectivity index (χ0v) is 6.98. The van der Waals surface area contributed by atoms with Gasteiger partial charge in [0, 0.05) is 12.4 Å². The van der Waals surface area contributed by atoms with E-state index in [1.54, 1.807) is 0 Å². The molecule has 10 heavy (non-hydrogen) atoms. The van der Waals surface area contributed by atoms with Crippen LogP contribution in [-0.2, 0) is 3.07 Å². The summed E-state index contributed by atoms with van der Waals surface area (Å²) in [4.78, 5) is 18.1. The van der Waals surface area contributed by atoms with Crippen LogP contribution in [0.2, 0.25) is 0 Å². The van der Waals surface area contributed by atoms with Crippen LogP contribution in [0.15, 0.2) is 18.6 Å².